The third kappa shape index (κ3) is 4.40. The quantitative estimate of drug-likeness (QED) is 0.572. The van der Waals surface area contributed by atoms with Crippen LogP contribution in [0.1, 0.15) is 34.9 Å². The van der Waals surface area contributed by atoms with Gasteiger partial charge >= 0.3 is 0 Å². The van der Waals surface area contributed by atoms with E-state index in [1.807, 2.05) is 17.5 Å². The van der Waals surface area contributed by atoms with E-state index in [4.69, 9.17) is 11.6 Å². The Kier molecular flexibility index (Phi) is 6.16. The fourth-order valence-corrected chi connectivity index (χ4v) is 4.85. The van der Waals surface area contributed by atoms with E-state index in [-0.39, 0.29) is 36.5 Å². The Bertz CT molecular complexity index is 1080. The van der Waals surface area contributed by atoms with Gasteiger partial charge in [0.2, 0.25) is 11.8 Å². The molecule has 0 bridgehead atoms. The van der Waals surface area contributed by atoms with Gasteiger partial charge in [0.05, 0.1) is 16.8 Å². The summed E-state index contributed by atoms with van der Waals surface area (Å²) in [6, 6.07) is 15.0. The van der Waals surface area contributed by atoms with Crippen molar-refractivity contribution in [2.75, 3.05) is 11.9 Å². The Hall–Kier alpha value is -2.70. The number of hydrogen-bond acceptors (Lipinski definition) is 3. The van der Waals surface area contributed by atoms with Gasteiger partial charge in [0.15, 0.2) is 0 Å². The van der Waals surface area contributed by atoms with E-state index < -0.39 is 0 Å². The van der Waals surface area contributed by atoms with Gasteiger partial charge in [-0.25, -0.2) is 4.39 Å². The molecule has 1 aliphatic heterocycles. The molecular formula is C23H20ClFN2O2S. The van der Waals surface area contributed by atoms with E-state index in [1.54, 1.807) is 46.6 Å². The first-order valence-electron chi connectivity index (χ1n) is 9.68. The van der Waals surface area contributed by atoms with E-state index in [0.717, 1.165) is 17.5 Å². The maximum absolute atomic E-state index is 13.9. The lowest BCUT2D eigenvalue weighted by Crippen LogP contribution is -2.40. The molecule has 1 N–H and O–H groups in total. The maximum atomic E-state index is 13.9. The lowest BCUT2D eigenvalue weighted by molar-refractivity contribution is -0.134. The van der Waals surface area contributed by atoms with Crippen molar-refractivity contribution in [1.29, 1.82) is 0 Å². The predicted octanol–water partition coefficient (Wildman–Crippen LogP) is 5.43. The Balaban J connectivity index is 1.48. The van der Waals surface area contributed by atoms with Gasteiger partial charge in [-0.2, -0.15) is 0 Å². The number of nitrogens with one attached hydrogen (secondary N) is 1. The van der Waals surface area contributed by atoms with Crippen LogP contribution in [0.2, 0.25) is 5.02 Å². The minimum atomic E-state index is -0.338. The fourth-order valence-electron chi connectivity index (χ4n) is 3.76. The van der Waals surface area contributed by atoms with E-state index >= 15 is 0 Å². The van der Waals surface area contributed by atoms with Crippen LogP contribution in [0.25, 0.3) is 0 Å². The summed E-state index contributed by atoms with van der Waals surface area (Å²) in [6.45, 7) is 0.541. The molecule has 4 nitrogen and oxygen atoms in total. The summed E-state index contributed by atoms with van der Waals surface area (Å²) < 4.78 is 13.9. The van der Waals surface area contributed by atoms with Crippen molar-refractivity contribution < 1.29 is 14.0 Å². The Labute approximate surface area is 183 Å². The lowest BCUT2D eigenvalue weighted by Gasteiger charge is -2.36. The average molecular weight is 443 g/mol. The van der Waals surface area contributed by atoms with Crippen molar-refractivity contribution in [2.45, 2.75) is 25.3 Å². The first-order chi connectivity index (χ1) is 14.5. The normalized spacial score (nSPS) is 15.5. The molecule has 154 valence electrons. The summed E-state index contributed by atoms with van der Waals surface area (Å²) in [6.07, 6.45) is 0.880. The first kappa shape index (κ1) is 20.6. The van der Waals surface area contributed by atoms with Crippen molar-refractivity contribution in [3.63, 3.8) is 0 Å². The van der Waals surface area contributed by atoms with Gasteiger partial charge in [0.1, 0.15) is 5.82 Å². The zero-order valence-electron chi connectivity index (χ0n) is 16.1. The van der Waals surface area contributed by atoms with Crippen LogP contribution in [0.4, 0.5) is 10.1 Å². The number of nitrogens with zero attached hydrogens (tertiary/aromatic N) is 1. The number of rotatable bonds is 5. The molecule has 0 saturated carbocycles. The molecule has 2 heterocycles. The second-order valence-electron chi connectivity index (χ2n) is 7.12. The predicted molar refractivity (Wildman–Crippen MR) is 117 cm³/mol. The number of hydrogen-bond donors (Lipinski definition) is 1. The van der Waals surface area contributed by atoms with Gasteiger partial charge in [-0.15, -0.1) is 11.3 Å². The van der Waals surface area contributed by atoms with Crippen molar-refractivity contribution in [2.24, 2.45) is 0 Å². The van der Waals surface area contributed by atoms with Crippen LogP contribution in [-0.4, -0.2) is 23.3 Å². The van der Waals surface area contributed by atoms with Crippen molar-refractivity contribution in [1.82, 2.24) is 4.90 Å². The molecule has 2 amide bonds. The van der Waals surface area contributed by atoms with Gasteiger partial charge in [-0.05, 0) is 53.3 Å². The molecule has 3 aromatic rings. The second kappa shape index (κ2) is 8.98. The number of thiophene rings is 1. The number of para-hydroxylation sites is 1. The molecule has 2 aromatic carbocycles. The molecule has 4 rings (SSSR count). The number of benzene rings is 2. The highest BCUT2D eigenvalue weighted by molar-refractivity contribution is 7.10. The van der Waals surface area contributed by atoms with E-state index in [0.29, 0.717) is 17.3 Å². The van der Waals surface area contributed by atoms with Crippen LogP contribution >= 0.6 is 22.9 Å². The number of fused-ring (bicyclic) bond motifs is 1. The summed E-state index contributed by atoms with van der Waals surface area (Å²) in [5, 5.41) is 5.19. The zero-order chi connectivity index (χ0) is 21.1. The van der Waals surface area contributed by atoms with Crippen molar-refractivity contribution >= 4 is 40.4 Å². The molecule has 0 radical (unpaired) electrons. The van der Waals surface area contributed by atoms with Gasteiger partial charge in [0.25, 0.3) is 0 Å². The smallest absolute Gasteiger partial charge is 0.224 e. The molecule has 1 aliphatic rings. The molecule has 1 aromatic heterocycles. The standard InChI is InChI=1S/C23H20ClFN2O2S/c24-18-6-1-2-7-19(18)26-21(28)8-9-22(29)27-12-10-20-17(11-13-30-20)23(27)15-4-3-5-16(25)14-15/h1-7,11,13-14,23H,8-10,12H2,(H,26,28). The topological polar surface area (TPSA) is 49.4 Å². The van der Waals surface area contributed by atoms with E-state index in [1.165, 1.54) is 17.0 Å². The summed E-state index contributed by atoms with van der Waals surface area (Å²) >= 11 is 7.72. The molecule has 0 fully saturated rings. The molecule has 0 saturated heterocycles. The highest BCUT2D eigenvalue weighted by atomic mass is 35.5. The van der Waals surface area contributed by atoms with Gasteiger partial charge in [-0.1, -0.05) is 35.9 Å². The van der Waals surface area contributed by atoms with Crippen LogP contribution in [0.5, 0.6) is 0 Å². The highest BCUT2D eigenvalue weighted by Crippen LogP contribution is 2.38. The molecular weight excluding hydrogens is 423 g/mol. The second-order valence-corrected chi connectivity index (χ2v) is 8.53. The summed E-state index contributed by atoms with van der Waals surface area (Å²) in [5.74, 6) is -0.733. The van der Waals surface area contributed by atoms with Crippen LogP contribution in [0, 0.1) is 5.82 Å². The third-order valence-electron chi connectivity index (χ3n) is 5.16. The lowest BCUT2D eigenvalue weighted by atomic mass is 9.92. The van der Waals surface area contributed by atoms with Crippen LogP contribution in [0.3, 0.4) is 0 Å². The zero-order valence-corrected chi connectivity index (χ0v) is 17.7. The third-order valence-corrected chi connectivity index (χ3v) is 6.49. The van der Waals surface area contributed by atoms with Crippen LogP contribution in [0.15, 0.2) is 60.0 Å². The number of carbonyl (C=O) groups is 2. The van der Waals surface area contributed by atoms with Gasteiger partial charge in [0, 0.05) is 24.3 Å². The maximum Gasteiger partial charge on any atom is 0.224 e. The van der Waals surface area contributed by atoms with Crippen LogP contribution in [-0.2, 0) is 16.0 Å². The Morgan fingerprint density at radius 3 is 2.77 bits per heavy atom. The number of anilines is 1. The van der Waals surface area contributed by atoms with E-state index in [9.17, 15) is 14.0 Å². The number of halogens is 2. The molecule has 0 spiro atoms. The first-order valence-corrected chi connectivity index (χ1v) is 10.9. The van der Waals surface area contributed by atoms with Gasteiger partial charge in [-0.3, -0.25) is 9.59 Å². The fraction of sp³-hybridized carbons (Fsp3) is 0.217. The Morgan fingerprint density at radius 2 is 1.97 bits per heavy atom. The monoisotopic (exact) mass is 442 g/mol. The molecule has 7 heteroatoms. The van der Waals surface area contributed by atoms with Crippen LogP contribution < -0.4 is 5.32 Å². The largest absolute Gasteiger partial charge is 0.331 e. The molecule has 1 unspecified atom stereocenters. The Morgan fingerprint density at radius 1 is 1.13 bits per heavy atom. The van der Waals surface area contributed by atoms with E-state index in [2.05, 4.69) is 5.32 Å². The summed E-state index contributed by atoms with van der Waals surface area (Å²) in [5.41, 5.74) is 2.30. The molecule has 0 aliphatic carbocycles. The molecule has 30 heavy (non-hydrogen) atoms. The minimum absolute atomic E-state index is 0.0485. The summed E-state index contributed by atoms with van der Waals surface area (Å²) in [4.78, 5) is 28.3. The van der Waals surface area contributed by atoms with Crippen molar-refractivity contribution in [3.05, 3.63) is 86.8 Å². The number of amides is 2. The van der Waals surface area contributed by atoms with Gasteiger partial charge < -0.3 is 10.2 Å². The molecule has 1 atom stereocenters. The number of carbonyl (C=O) groups excluding carboxylic acids is 2. The SMILES string of the molecule is O=C(CCC(=O)N1CCc2sccc2C1c1cccc(F)c1)Nc1ccccc1Cl. The highest BCUT2D eigenvalue weighted by Gasteiger charge is 2.32. The average Bonchev–Trinajstić information content (AvgIpc) is 3.22. The summed E-state index contributed by atoms with van der Waals surface area (Å²) in [7, 11) is 0. The minimum Gasteiger partial charge on any atom is -0.331 e. The van der Waals surface area contributed by atoms with Crippen molar-refractivity contribution in [3.8, 4) is 0 Å².